The number of hydrogen-bond acceptors (Lipinski definition) is 5. The summed E-state index contributed by atoms with van der Waals surface area (Å²) in [4.78, 5) is 18.3. The molecular formula is C21H30N2O3. The highest BCUT2D eigenvalue weighted by molar-refractivity contribution is 5.93. The van der Waals surface area contributed by atoms with Gasteiger partial charge in [0.25, 0.3) is 0 Å². The summed E-state index contributed by atoms with van der Waals surface area (Å²) in [6.45, 7) is 7.86. The van der Waals surface area contributed by atoms with Crippen molar-refractivity contribution in [2.24, 2.45) is 10.8 Å². The molecule has 5 rings (SSSR count). The highest BCUT2D eigenvalue weighted by Crippen LogP contribution is 2.54. The van der Waals surface area contributed by atoms with Crippen LogP contribution < -0.4 is 9.47 Å². The highest BCUT2D eigenvalue weighted by Gasteiger charge is 2.63. The lowest BCUT2D eigenvalue weighted by molar-refractivity contribution is -0.201. The Morgan fingerprint density at radius 1 is 1.08 bits per heavy atom. The van der Waals surface area contributed by atoms with Crippen LogP contribution in [0.25, 0.3) is 0 Å². The van der Waals surface area contributed by atoms with Crippen LogP contribution in [0.4, 0.5) is 0 Å². The van der Waals surface area contributed by atoms with Crippen molar-refractivity contribution in [3.63, 3.8) is 0 Å². The average molecular weight is 358 g/mol. The lowest BCUT2D eigenvalue weighted by atomic mass is 9.59. The summed E-state index contributed by atoms with van der Waals surface area (Å²) in [5.74, 6) is 2.03. The SMILES string of the molecule is CCCCC12CN3CC(C)(CN(C1)C3c1ccc(OC)c(OC)c1)C2=O. The number of ether oxygens (including phenoxy) is 2. The van der Waals surface area contributed by atoms with Crippen LogP contribution in [-0.4, -0.2) is 56.0 Å². The van der Waals surface area contributed by atoms with Gasteiger partial charge in [-0.1, -0.05) is 32.8 Å². The quantitative estimate of drug-likeness (QED) is 0.782. The summed E-state index contributed by atoms with van der Waals surface area (Å²) in [5, 5.41) is 0. The Labute approximate surface area is 156 Å². The van der Waals surface area contributed by atoms with Gasteiger partial charge in [-0.3, -0.25) is 14.6 Å². The van der Waals surface area contributed by atoms with Crippen molar-refractivity contribution in [3.05, 3.63) is 23.8 Å². The summed E-state index contributed by atoms with van der Waals surface area (Å²) >= 11 is 0. The molecule has 0 spiro atoms. The Hall–Kier alpha value is -1.59. The average Bonchev–Trinajstić information content (AvgIpc) is 2.63. The maximum Gasteiger partial charge on any atom is 0.161 e. The summed E-state index contributed by atoms with van der Waals surface area (Å²) in [6, 6.07) is 6.22. The third kappa shape index (κ3) is 2.48. The van der Waals surface area contributed by atoms with Crippen molar-refractivity contribution in [3.8, 4) is 11.5 Å². The van der Waals surface area contributed by atoms with Gasteiger partial charge in [0.15, 0.2) is 11.5 Å². The third-order valence-electron chi connectivity index (χ3n) is 6.55. The van der Waals surface area contributed by atoms with E-state index in [2.05, 4.69) is 35.8 Å². The molecule has 1 aromatic rings. The number of ketones is 1. The van der Waals surface area contributed by atoms with Crippen LogP contribution in [0, 0.1) is 10.8 Å². The Morgan fingerprint density at radius 3 is 2.31 bits per heavy atom. The molecule has 2 atom stereocenters. The predicted molar refractivity (Wildman–Crippen MR) is 101 cm³/mol. The molecule has 0 aromatic heterocycles. The zero-order chi connectivity index (χ0) is 18.5. The molecule has 4 aliphatic heterocycles. The Kier molecular flexibility index (Phi) is 4.27. The fourth-order valence-corrected chi connectivity index (χ4v) is 5.61. The summed E-state index contributed by atoms with van der Waals surface area (Å²) < 4.78 is 10.9. The summed E-state index contributed by atoms with van der Waals surface area (Å²) in [6.07, 6.45) is 3.52. The number of rotatable bonds is 6. The molecule has 0 N–H and O–H groups in total. The minimum absolute atomic E-state index is 0.172. The number of piperidine rings is 2. The fraction of sp³-hybridized carbons (Fsp3) is 0.667. The number of unbranched alkanes of at least 4 members (excludes halogenated alkanes) is 1. The zero-order valence-corrected chi connectivity index (χ0v) is 16.4. The second-order valence-electron chi connectivity index (χ2n) is 8.57. The van der Waals surface area contributed by atoms with Gasteiger partial charge in [-0.15, -0.1) is 0 Å². The Bertz CT molecular complexity index is 701. The first-order chi connectivity index (χ1) is 12.5. The van der Waals surface area contributed by atoms with Gasteiger partial charge in [-0.25, -0.2) is 0 Å². The van der Waals surface area contributed by atoms with Gasteiger partial charge in [0.05, 0.1) is 31.2 Å². The number of carbonyl (C=O) groups excluding carboxylic acids is 1. The third-order valence-corrected chi connectivity index (χ3v) is 6.55. The number of nitrogens with zero attached hydrogens (tertiary/aromatic N) is 2. The van der Waals surface area contributed by atoms with Crippen LogP contribution in [0.2, 0.25) is 0 Å². The van der Waals surface area contributed by atoms with Gasteiger partial charge in [-0.05, 0) is 24.1 Å². The van der Waals surface area contributed by atoms with Crippen molar-refractivity contribution < 1.29 is 14.3 Å². The minimum Gasteiger partial charge on any atom is -0.493 e. The maximum absolute atomic E-state index is 13.3. The van der Waals surface area contributed by atoms with Crippen LogP contribution in [0.3, 0.4) is 0 Å². The van der Waals surface area contributed by atoms with Crippen LogP contribution in [0.1, 0.15) is 44.8 Å². The molecule has 2 unspecified atom stereocenters. The first-order valence-electron chi connectivity index (χ1n) is 9.71. The number of methoxy groups -OCH3 is 2. The van der Waals surface area contributed by atoms with E-state index >= 15 is 0 Å². The maximum atomic E-state index is 13.3. The molecule has 5 heteroatoms. The number of carbonyl (C=O) groups is 1. The molecule has 4 heterocycles. The van der Waals surface area contributed by atoms with E-state index in [1.54, 1.807) is 14.2 Å². The lowest BCUT2D eigenvalue weighted by Crippen LogP contribution is -2.76. The van der Waals surface area contributed by atoms with Crippen molar-refractivity contribution in [2.45, 2.75) is 39.3 Å². The van der Waals surface area contributed by atoms with Crippen molar-refractivity contribution in [1.82, 2.24) is 9.80 Å². The molecule has 4 fully saturated rings. The first-order valence-corrected chi connectivity index (χ1v) is 9.71. The number of benzene rings is 1. The van der Waals surface area contributed by atoms with Crippen LogP contribution in [0.5, 0.6) is 11.5 Å². The number of hydrogen-bond donors (Lipinski definition) is 0. The normalized spacial score (nSPS) is 37.8. The predicted octanol–water partition coefficient (Wildman–Crippen LogP) is 3.10. The van der Waals surface area contributed by atoms with E-state index in [0.717, 1.165) is 56.9 Å². The van der Waals surface area contributed by atoms with Crippen molar-refractivity contribution in [2.75, 3.05) is 40.4 Å². The van der Waals surface area contributed by atoms with Gasteiger partial charge < -0.3 is 9.47 Å². The van der Waals surface area contributed by atoms with Gasteiger partial charge in [-0.2, -0.15) is 0 Å². The van der Waals surface area contributed by atoms with Gasteiger partial charge in [0.1, 0.15) is 5.78 Å². The molecular weight excluding hydrogens is 328 g/mol. The van der Waals surface area contributed by atoms with Gasteiger partial charge >= 0.3 is 0 Å². The molecule has 4 saturated heterocycles. The highest BCUT2D eigenvalue weighted by atomic mass is 16.5. The molecule has 142 valence electrons. The largest absolute Gasteiger partial charge is 0.493 e. The van der Waals surface area contributed by atoms with Crippen molar-refractivity contribution >= 4 is 5.78 Å². The molecule has 0 aliphatic carbocycles. The first kappa shape index (κ1) is 17.8. The summed E-state index contributed by atoms with van der Waals surface area (Å²) in [5.41, 5.74) is 0.828. The minimum atomic E-state index is -0.225. The van der Waals surface area contributed by atoms with E-state index in [1.807, 2.05) is 6.07 Å². The van der Waals surface area contributed by atoms with E-state index in [0.29, 0.717) is 5.78 Å². The fourth-order valence-electron chi connectivity index (χ4n) is 5.61. The summed E-state index contributed by atoms with van der Waals surface area (Å²) in [7, 11) is 3.34. The molecule has 5 nitrogen and oxygen atoms in total. The Morgan fingerprint density at radius 2 is 1.73 bits per heavy atom. The number of Topliss-reactive ketones (excluding diaryl/α,β-unsaturated/α-hetero) is 1. The van der Waals surface area contributed by atoms with E-state index in [-0.39, 0.29) is 17.0 Å². The van der Waals surface area contributed by atoms with Gasteiger partial charge in [0, 0.05) is 26.2 Å². The van der Waals surface area contributed by atoms with Crippen LogP contribution in [0.15, 0.2) is 18.2 Å². The van der Waals surface area contributed by atoms with Crippen molar-refractivity contribution in [1.29, 1.82) is 0 Å². The van der Waals surface area contributed by atoms with Crippen LogP contribution in [-0.2, 0) is 4.79 Å². The molecule has 4 aliphatic rings. The molecule has 4 bridgehead atoms. The smallest absolute Gasteiger partial charge is 0.161 e. The standard InChI is InChI=1S/C21H30N2O3/c1-5-6-9-21-13-22-11-20(2,19(21)24)12-23(14-21)18(22)15-7-8-16(25-3)17(10-15)26-4/h7-8,10,18H,5-6,9,11-14H2,1-4H3. The second kappa shape index (κ2) is 6.24. The monoisotopic (exact) mass is 358 g/mol. The van der Waals surface area contributed by atoms with E-state index in [4.69, 9.17) is 9.47 Å². The van der Waals surface area contributed by atoms with E-state index in [1.165, 1.54) is 5.56 Å². The lowest BCUT2D eigenvalue weighted by Gasteiger charge is -2.65. The Balaban J connectivity index is 1.68. The topological polar surface area (TPSA) is 42.0 Å². The molecule has 0 radical (unpaired) electrons. The zero-order valence-electron chi connectivity index (χ0n) is 16.4. The molecule has 26 heavy (non-hydrogen) atoms. The van der Waals surface area contributed by atoms with Gasteiger partial charge in [0.2, 0.25) is 0 Å². The molecule has 1 aromatic carbocycles. The van der Waals surface area contributed by atoms with E-state index < -0.39 is 0 Å². The van der Waals surface area contributed by atoms with Crippen LogP contribution >= 0.6 is 0 Å². The van der Waals surface area contributed by atoms with E-state index in [9.17, 15) is 4.79 Å². The second-order valence-corrected chi connectivity index (χ2v) is 8.57. The molecule has 0 saturated carbocycles. The molecule has 0 amide bonds.